The van der Waals surface area contributed by atoms with Crippen molar-refractivity contribution in [1.82, 2.24) is 25.2 Å². The van der Waals surface area contributed by atoms with Crippen LogP contribution < -0.4 is 5.32 Å². The highest BCUT2D eigenvalue weighted by Gasteiger charge is 2.13. The summed E-state index contributed by atoms with van der Waals surface area (Å²) in [5.41, 5.74) is 1.34. The molecule has 0 spiro atoms. The molecule has 0 aliphatic rings. The van der Waals surface area contributed by atoms with Gasteiger partial charge in [-0.2, -0.15) is 0 Å². The quantitative estimate of drug-likeness (QED) is 0.569. The van der Waals surface area contributed by atoms with E-state index in [2.05, 4.69) is 25.8 Å². The molecule has 1 amide bonds. The molecule has 0 unspecified atom stereocenters. The van der Waals surface area contributed by atoms with Crippen LogP contribution in [-0.4, -0.2) is 37.4 Å². The second-order valence-electron chi connectivity index (χ2n) is 4.32. The van der Waals surface area contributed by atoms with Gasteiger partial charge in [-0.15, -0.1) is 15.3 Å². The van der Waals surface area contributed by atoms with Gasteiger partial charge in [0.25, 0.3) is 5.91 Å². The van der Waals surface area contributed by atoms with E-state index in [1.165, 1.54) is 23.1 Å². The first-order valence-electron chi connectivity index (χ1n) is 6.37. The van der Waals surface area contributed by atoms with E-state index in [4.69, 9.17) is 0 Å². The van der Waals surface area contributed by atoms with E-state index in [1.54, 1.807) is 10.9 Å². The Labute approximate surface area is 134 Å². The highest BCUT2D eigenvalue weighted by molar-refractivity contribution is 8.00. The van der Waals surface area contributed by atoms with Gasteiger partial charge in [0.15, 0.2) is 10.0 Å². The zero-order valence-electron chi connectivity index (χ0n) is 11.6. The molecule has 1 aromatic carbocycles. The van der Waals surface area contributed by atoms with Crippen molar-refractivity contribution < 1.29 is 4.79 Å². The molecular weight excluding hydrogens is 320 g/mol. The Kier molecular flexibility index (Phi) is 4.45. The topological polar surface area (TPSA) is 85.6 Å². The average molecular weight is 332 g/mol. The number of hydrogen-bond donors (Lipinski definition) is 1. The Morgan fingerprint density at radius 3 is 2.82 bits per heavy atom. The molecule has 1 N–H and O–H groups in total. The molecule has 0 aliphatic carbocycles. The maximum atomic E-state index is 12.1. The zero-order chi connectivity index (χ0) is 15.4. The second kappa shape index (κ2) is 6.67. The van der Waals surface area contributed by atoms with Crippen LogP contribution in [0.3, 0.4) is 0 Å². The summed E-state index contributed by atoms with van der Waals surface area (Å²) in [7, 11) is 0. The van der Waals surface area contributed by atoms with Crippen LogP contribution in [0.1, 0.15) is 16.1 Å². The summed E-state index contributed by atoms with van der Waals surface area (Å²) in [6.45, 7) is 0.566. The first-order chi connectivity index (χ1) is 10.7. The van der Waals surface area contributed by atoms with Crippen molar-refractivity contribution in [3.63, 3.8) is 0 Å². The fourth-order valence-corrected chi connectivity index (χ4v) is 2.92. The molecule has 0 saturated heterocycles. The Morgan fingerprint density at radius 2 is 2.09 bits per heavy atom. The summed E-state index contributed by atoms with van der Waals surface area (Å²) in [6.07, 6.45) is 3.51. The number of carbonyl (C=O) groups is 1. The van der Waals surface area contributed by atoms with Crippen molar-refractivity contribution in [3.05, 3.63) is 47.8 Å². The molecule has 112 valence electrons. The standard InChI is InChI=1S/C13H12N6OS2/c1-21-13-17-16-12(22-13)14-11(20)10-8-19(18-15-10)7-9-5-3-2-4-6-9/h2-6,8H,7H2,1H3,(H,14,16,20). The van der Waals surface area contributed by atoms with Gasteiger partial charge in [0.2, 0.25) is 5.13 Å². The summed E-state index contributed by atoms with van der Waals surface area (Å²) in [5.74, 6) is -0.344. The Morgan fingerprint density at radius 1 is 1.27 bits per heavy atom. The molecule has 22 heavy (non-hydrogen) atoms. The van der Waals surface area contributed by atoms with Crippen LogP contribution in [0.25, 0.3) is 0 Å². The molecule has 9 heteroatoms. The summed E-state index contributed by atoms with van der Waals surface area (Å²) >= 11 is 2.80. The van der Waals surface area contributed by atoms with Gasteiger partial charge in [-0.1, -0.05) is 58.6 Å². The van der Waals surface area contributed by atoms with Crippen molar-refractivity contribution in [2.45, 2.75) is 10.9 Å². The van der Waals surface area contributed by atoms with Crippen LogP contribution in [0.5, 0.6) is 0 Å². The van der Waals surface area contributed by atoms with Crippen LogP contribution in [0, 0.1) is 0 Å². The third kappa shape index (κ3) is 3.49. The first-order valence-corrected chi connectivity index (χ1v) is 8.41. The number of amides is 1. The third-order valence-corrected chi connectivity index (χ3v) is 4.57. The summed E-state index contributed by atoms with van der Waals surface area (Å²) in [6, 6.07) is 9.85. The van der Waals surface area contributed by atoms with Crippen molar-refractivity contribution in [2.75, 3.05) is 11.6 Å². The number of aromatic nitrogens is 5. The van der Waals surface area contributed by atoms with E-state index >= 15 is 0 Å². The third-order valence-electron chi connectivity index (χ3n) is 2.76. The SMILES string of the molecule is CSc1nnc(NC(=O)c2cn(Cc3ccccc3)nn2)s1. The molecule has 0 saturated carbocycles. The lowest BCUT2D eigenvalue weighted by Gasteiger charge is -1.99. The fourth-order valence-electron chi connectivity index (χ4n) is 1.75. The van der Waals surface area contributed by atoms with Gasteiger partial charge in [0.1, 0.15) is 0 Å². The lowest BCUT2D eigenvalue weighted by Crippen LogP contribution is -2.12. The lowest BCUT2D eigenvalue weighted by molar-refractivity contribution is 0.102. The molecule has 2 heterocycles. The number of rotatable bonds is 5. The Balaban J connectivity index is 1.66. The number of thioether (sulfide) groups is 1. The summed E-state index contributed by atoms with van der Waals surface area (Å²) < 4.78 is 2.42. The Hall–Kier alpha value is -2.26. The van der Waals surface area contributed by atoms with Gasteiger partial charge in [-0.05, 0) is 11.8 Å². The molecule has 0 radical (unpaired) electrons. The highest BCUT2D eigenvalue weighted by atomic mass is 32.2. The van der Waals surface area contributed by atoms with Crippen LogP contribution in [0.2, 0.25) is 0 Å². The number of nitrogens with zero attached hydrogens (tertiary/aromatic N) is 5. The molecule has 3 rings (SSSR count). The monoisotopic (exact) mass is 332 g/mol. The van der Waals surface area contributed by atoms with E-state index in [-0.39, 0.29) is 11.6 Å². The van der Waals surface area contributed by atoms with Gasteiger partial charge in [-0.25, -0.2) is 4.68 Å². The summed E-state index contributed by atoms with van der Waals surface area (Å²) in [5, 5.41) is 18.8. The number of hydrogen-bond acceptors (Lipinski definition) is 7. The van der Waals surface area contributed by atoms with Crippen molar-refractivity contribution in [2.24, 2.45) is 0 Å². The highest BCUT2D eigenvalue weighted by Crippen LogP contribution is 2.23. The average Bonchev–Trinajstić information content (AvgIpc) is 3.17. The molecular formula is C13H12N6OS2. The minimum Gasteiger partial charge on any atom is -0.295 e. The van der Waals surface area contributed by atoms with Crippen molar-refractivity contribution in [1.29, 1.82) is 0 Å². The predicted octanol–water partition coefficient (Wildman–Crippen LogP) is 2.15. The van der Waals surface area contributed by atoms with E-state index in [9.17, 15) is 4.79 Å². The summed E-state index contributed by atoms with van der Waals surface area (Å²) in [4.78, 5) is 12.1. The van der Waals surface area contributed by atoms with Crippen LogP contribution in [-0.2, 0) is 6.54 Å². The first kappa shape index (κ1) is 14.7. The van der Waals surface area contributed by atoms with Crippen LogP contribution in [0.4, 0.5) is 5.13 Å². The minimum absolute atomic E-state index is 0.247. The number of anilines is 1. The predicted molar refractivity (Wildman–Crippen MR) is 85.2 cm³/mol. The minimum atomic E-state index is -0.344. The molecule has 2 aromatic heterocycles. The van der Waals surface area contributed by atoms with Gasteiger partial charge < -0.3 is 0 Å². The van der Waals surface area contributed by atoms with Gasteiger partial charge >= 0.3 is 0 Å². The van der Waals surface area contributed by atoms with Crippen LogP contribution >= 0.6 is 23.1 Å². The molecule has 0 bridgehead atoms. The number of benzene rings is 1. The molecule has 7 nitrogen and oxygen atoms in total. The number of nitrogens with one attached hydrogen (secondary N) is 1. The molecule has 0 aliphatic heterocycles. The lowest BCUT2D eigenvalue weighted by atomic mass is 10.2. The van der Waals surface area contributed by atoms with Crippen molar-refractivity contribution in [3.8, 4) is 0 Å². The second-order valence-corrected chi connectivity index (χ2v) is 6.35. The van der Waals surface area contributed by atoms with E-state index in [0.717, 1.165) is 9.90 Å². The number of carbonyl (C=O) groups excluding carboxylic acids is 1. The van der Waals surface area contributed by atoms with Gasteiger partial charge in [-0.3, -0.25) is 10.1 Å². The normalized spacial score (nSPS) is 10.6. The van der Waals surface area contributed by atoms with Crippen molar-refractivity contribution >= 4 is 34.1 Å². The van der Waals surface area contributed by atoms with E-state index in [0.29, 0.717) is 11.7 Å². The maximum Gasteiger partial charge on any atom is 0.279 e. The van der Waals surface area contributed by atoms with E-state index in [1.807, 2.05) is 36.6 Å². The maximum absolute atomic E-state index is 12.1. The molecule has 3 aromatic rings. The van der Waals surface area contributed by atoms with E-state index < -0.39 is 0 Å². The molecule has 0 fully saturated rings. The Bertz CT molecular complexity index is 770. The van der Waals surface area contributed by atoms with Crippen LogP contribution in [0.15, 0.2) is 40.9 Å². The largest absolute Gasteiger partial charge is 0.295 e. The van der Waals surface area contributed by atoms with Gasteiger partial charge in [0.05, 0.1) is 12.7 Å². The van der Waals surface area contributed by atoms with Gasteiger partial charge in [0, 0.05) is 0 Å². The zero-order valence-corrected chi connectivity index (χ0v) is 13.3. The molecule has 0 atom stereocenters. The fraction of sp³-hybridized carbons (Fsp3) is 0.154. The smallest absolute Gasteiger partial charge is 0.279 e.